The maximum atomic E-state index is 13.2. The number of hydrogen-bond acceptors (Lipinski definition) is 4. The van der Waals surface area contributed by atoms with E-state index in [9.17, 15) is 13.2 Å². The molecule has 3 rings (SSSR count). The van der Waals surface area contributed by atoms with E-state index in [1.165, 1.54) is 0 Å². The van der Waals surface area contributed by atoms with E-state index < -0.39 is 9.84 Å². The van der Waals surface area contributed by atoms with Crippen molar-refractivity contribution < 1.29 is 17.9 Å². The molecule has 0 spiro atoms. The van der Waals surface area contributed by atoms with Gasteiger partial charge in [0.15, 0.2) is 9.84 Å². The molecule has 5 nitrogen and oxygen atoms in total. The van der Waals surface area contributed by atoms with Crippen molar-refractivity contribution in [3.05, 3.63) is 65.7 Å². The Hall–Kier alpha value is -2.34. The molecule has 0 aliphatic carbocycles. The van der Waals surface area contributed by atoms with Crippen LogP contribution < -0.4 is 4.74 Å². The highest BCUT2D eigenvalue weighted by Gasteiger charge is 2.35. The molecule has 0 N–H and O–H groups in total. The van der Waals surface area contributed by atoms with Crippen LogP contribution >= 0.6 is 0 Å². The molecule has 1 aliphatic rings. The van der Waals surface area contributed by atoms with Crippen LogP contribution in [0, 0.1) is 0 Å². The Balaban J connectivity index is 1.73. The van der Waals surface area contributed by atoms with Gasteiger partial charge in [-0.05, 0) is 42.7 Å². The first-order valence-electron chi connectivity index (χ1n) is 10.3. The first-order valence-corrected chi connectivity index (χ1v) is 12.1. The average Bonchev–Trinajstić information content (AvgIpc) is 3.09. The number of rotatable bonds is 9. The minimum absolute atomic E-state index is 0.0319. The Morgan fingerprint density at radius 2 is 1.79 bits per heavy atom. The summed E-state index contributed by atoms with van der Waals surface area (Å²) in [6.07, 6.45) is 3.78. The molecule has 0 bridgehead atoms. The molecule has 1 saturated heterocycles. The van der Waals surface area contributed by atoms with Crippen LogP contribution in [0.5, 0.6) is 5.75 Å². The smallest absolute Gasteiger partial charge is 0.254 e. The van der Waals surface area contributed by atoms with Crippen LogP contribution in [0.1, 0.15) is 48.5 Å². The molecule has 0 saturated carbocycles. The Labute approximate surface area is 173 Å². The van der Waals surface area contributed by atoms with Gasteiger partial charge in [-0.3, -0.25) is 4.79 Å². The normalized spacial score (nSPS) is 17.8. The highest BCUT2D eigenvalue weighted by molar-refractivity contribution is 7.91. The minimum Gasteiger partial charge on any atom is -0.494 e. The molecule has 29 heavy (non-hydrogen) atoms. The SMILES string of the molecule is CCCCCOc1ccc(C(=O)N(Cc2ccccc2)[C@H]2CCS(=O)(=O)C2)cc1. The third-order valence-electron chi connectivity index (χ3n) is 5.22. The van der Waals surface area contributed by atoms with Gasteiger partial charge in [-0.2, -0.15) is 0 Å². The van der Waals surface area contributed by atoms with Crippen molar-refractivity contribution in [1.82, 2.24) is 4.90 Å². The molecule has 0 radical (unpaired) electrons. The van der Waals surface area contributed by atoms with E-state index in [-0.39, 0.29) is 23.5 Å². The van der Waals surface area contributed by atoms with Crippen molar-refractivity contribution in [2.75, 3.05) is 18.1 Å². The van der Waals surface area contributed by atoms with Gasteiger partial charge < -0.3 is 9.64 Å². The Bertz CT molecular complexity index is 894. The maximum absolute atomic E-state index is 13.2. The zero-order valence-corrected chi connectivity index (χ0v) is 17.7. The summed E-state index contributed by atoms with van der Waals surface area (Å²) >= 11 is 0. The minimum atomic E-state index is -3.08. The van der Waals surface area contributed by atoms with Crippen LogP contribution in [0.3, 0.4) is 0 Å². The number of hydrogen-bond donors (Lipinski definition) is 0. The van der Waals surface area contributed by atoms with Gasteiger partial charge in [-0.1, -0.05) is 50.1 Å². The number of nitrogens with zero attached hydrogens (tertiary/aromatic N) is 1. The van der Waals surface area contributed by atoms with E-state index in [2.05, 4.69) is 6.92 Å². The molecule has 1 fully saturated rings. The lowest BCUT2D eigenvalue weighted by Crippen LogP contribution is -2.40. The number of amides is 1. The fourth-order valence-electron chi connectivity index (χ4n) is 3.57. The zero-order valence-electron chi connectivity index (χ0n) is 16.9. The van der Waals surface area contributed by atoms with Crippen molar-refractivity contribution in [3.63, 3.8) is 0 Å². The molecule has 0 unspecified atom stereocenters. The second-order valence-electron chi connectivity index (χ2n) is 7.56. The summed E-state index contributed by atoms with van der Waals surface area (Å²) in [6, 6.07) is 16.5. The molecule has 2 aromatic carbocycles. The summed E-state index contributed by atoms with van der Waals surface area (Å²) in [7, 11) is -3.08. The number of carbonyl (C=O) groups is 1. The molecule has 2 aromatic rings. The summed E-state index contributed by atoms with van der Waals surface area (Å²) in [5.41, 5.74) is 1.53. The van der Waals surface area contributed by atoms with Gasteiger partial charge in [-0.15, -0.1) is 0 Å². The summed E-state index contributed by atoms with van der Waals surface area (Å²) in [5, 5.41) is 0. The van der Waals surface area contributed by atoms with Gasteiger partial charge in [-0.25, -0.2) is 8.42 Å². The number of benzene rings is 2. The third-order valence-corrected chi connectivity index (χ3v) is 6.97. The highest BCUT2D eigenvalue weighted by Crippen LogP contribution is 2.23. The zero-order chi connectivity index (χ0) is 20.7. The quantitative estimate of drug-likeness (QED) is 0.579. The Morgan fingerprint density at radius 1 is 1.07 bits per heavy atom. The van der Waals surface area contributed by atoms with Crippen LogP contribution in [0.25, 0.3) is 0 Å². The van der Waals surface area contributed by atoms with Crippen molar-refractivity contribution in [2.45, 2.75) is 45.2 Å². The first-order chi connectivity index (χ1) is 14.0. The van der Waals surface area contributed by atoms with Crippen LogP contribution in [0.15, 0.2) is 54.6 Å². The standard InChI is InChI=1S/C23H29NO4S/c1-2-3-7-15-28-22-12-10-20(11-13-22)23(25)24(17-19-8-5-4-6-9-19)21-14-16-29(26,27)18-21/h4-6,8-13,21H,2-3,7,14-18H2,1H3/t21-/m0/s1. The van der Waals surface area contributed by atoms with Crippen molar-refractivity contribution in [3.8, 4) is 5.75 Å². The lowest BCUT2D eigenvalue weighted by atomic mass is 10.1. The topological polar surface area (TPSA) is 63.7 Å². The second-order valence-corrected chi connectivity index (χ2v) is 9.78. The third kappa shape index (κ3) is 6.07. The molecule has 0 aromatic heterocycles. The van der Waals surface area contributed by atoms with E-state index in [1.54, 1.807) is 17.0 Å². The molecule has 1 amide bonds. The van der Waals surface area contributed by atoms with Gasteiger partial charge in [0, 0.05) is 18.2 Å². The predicted molar refractivity (Wildman–Crippen MR) is 115 cm³/mol. The second kappa shape index (κ2) is 9.92. The first kappa shape index (κ1) is 21.4. The fourth-order valence-corrected chi connectivity index (χ4v) is 5.30. The number of ether oxygens (including phenoxy) is 1. The molecular formula is C23H29NO4S. The molecule has 1 atom stereocenters. The molecule has 6 heteroatoms. The van der Waals surface area contributed by atoms with Gasteiger partial charge >= 0.3 is 0 Å². The Morgan fingerprint density at radius 3 is 2.41 bits per heavy atom. The molecular weight excluding hydrogens is 386 g/mol. The lowest BCUT2D eigenvalue weighted by molar-refractivity contribution is 0.0681. The monoisotopic (exact) mass is 415 g/mol. The molecule has 1 aliphatic heterocycles. The predicted octanol–water partition coefficient (Wildman–Crippen LogP) is 4.09. The van der Waals surface area contributed by atoms with Crippen LogP contribution in [-0.4, -0.2) is 43.4 Å². The van der Waals surface area contributed by atoms with Crippen molar-refractivity contribution >= 4 is 15.7 Å². The van der Waals surface area contributed by atoms with Crippen molar-refractivity contribution in [2.24, 2.45) is 0 Å². The van der Waals surface area contributed by atoms with E-state index >= 15 is 0 Å². The number of carbonyl (C=O) groups excluding carboxylic acids is 1. The fraction of sp³-hybridized carbons (Fsp3) is 0.435. The van der Waals surface area contributed by atoms with Crippen molar-refractivity contribution in [1.29, 1.82) is 0 Å². The molecule has 1 heterocycles. The maximum Gasteiger partial charge on any atom is 0.254 e. The van der Waals surface area contributed by atoms with E-state index in [1.807, 2.05) is 42.5 Å². The number of sulfone groups is 1. The number of unbranched alkanes of at least 4 members (excludes halogenated alkanes) is 2. The van der Waals surface area contributed by atoms with Crippen LogP contribution in [0.2, 0.25) is 0 Å². The summed E-state index contributed by atoms with van der Waals surface area (Å²) in [6.45, 7) is 3.22. The average molecular weight is 416 g/mol. The van der Waals surface area contributed by atoms with Crippen LogP contribution in [-0.2, 0) is 16.4 Å². The lowest BCUT2D eigenvalue weighted by Gasteiger charge is -2.28. The van der Waals surface area contributed by atoms with Gasteiger partial charge in [0.1, 0.15) is 5.75 Å². The Kier molecular flexibility index (Phi) is 7.31. The summed E-state index contributed by atoms with van der Waals surface area (Å²) < 4.78 is 29.7. The van der Waals surface area contributed by atoms with Gasteiger partial charge in [0.2, 0.25) is 0 Å². The van der Waals surface area contributed by atoms with E-state index in [0.29, 0.717) is 25.1 Å². The van der Waals surface area contributed by atoms with E-state index in [0.717, 1.165) is 30.6 Å². The summed E-state index contributed by atoms with van der Waals surface area (Å²) in [5.74, 6) is 0.773. The largest absolute Gasteiger partial charge is 0.494 e. The summed E-state index contributed by atoms with van der Waals surface area (Å²) in [4.78, 5) is 15.0. The molecule has 156 valence electrons. The van der Waals surface area contributed by atoms with E-state index in [4.69, 9.17) is 4.74 Å². The van der Waals surface area contributed by atoms with Gasteiger partial charge in [0.25, 0.3) is 5.91 Å². The highest BCUT2D eigenvalue weighted by atomic mass is 32.2. The van der Waals surface area contributed by atoms with Gasteiger partial charge in [0.05, 0.1) is 18.1 Å². The van der Waals surface area contributed by atoms with Crippen LogP contribution in [0.4, 0.5) is 0 Å².